The monoisotopic (exact) mass is 290 g/mol. The average molecular weight is 290 g/mol. The first-order valence-electron chi connectivity index (χ1n) is 6.80. The van der Waals surface area contributed by atoms with Crippen molar-refractivity contribution in [2.75, 3.05) is 0 Å². The normalized spacial score (nSPS) is 21.3. The number of nitrogens with one attached hydrogen (secondary N) is 2. The number of hydrogen-bond donors (Lipinski definition) is 2. The molecule has 0 spiro atoms. The van der Waals surface area contributed by atoms with Crippen LogP contribution in [0.5, 0.6) is 0 Å². The number of aromatic nitrogens is 1. The van der Waals surface area contributed by atoms with Crippen LogP contribution in [0, 0.1) is 11.8 Å². The lowest BCUT2D eigenvalue weighted by atomic mass is 9.79. The molecule has 2 amide bonds. The molecule has 1 heterocycles. The summed E-state index contributed by atoms with van der Waals surface area (Å²) in [5.74, 6) is -3.65. The number of nitrogens with zero attached hydrogens (tertiary/aromatic N) is 1. The molecule has 0 bridgehead atoms. The van der Waals surface area contributed by atoms with Crippen molar-refractivity contribution in [3.8, 4) is 0 Å². The Hall–Kier alpha value is -2.44. The minimum absolute atomic E-state index is 0.352. The molecule has 1 saturated carbocycles. The third-order valence-corrected chi connectivity index (χ3v) is 3.65. The maximum atomic E-state index is 12.0. The number of carboxylic acid groups (broad SMARTS) is 1. The minimum atomic E-state index is -1.21. The molecule has 21 heavy (non-hydrogen) atoms. The summed E-state index contributed by atoms with van der Waals surface area (Å²) in [6, 6.07) is 3.01. The molecule has 112 valence electrons. The summed E-state index contributed by atoms with van der Waals surface area (Å²) < 4.78 is 0. The predicted octanol–water partition coefficient (Wildman–Crippen LogP) is -0.601. The molecule has 0 aliphatic heterocycles. The molecule has 1 aromatic heterocycles. The van der Waals surface area contributed by atoms with Gasteiger partial charge in [-0.25, -0.2) is 0 Å². The van der Waals surface area contributed by atoms with Gasteiger partial charge in [0.25, 0.3) is 5.91 Å². The molecule has 2 atom stereocenters. The second-order valence-electron chi connectivity index (χ2n) is 5.00. The molecule has 1 aromatic rings. The molecule has 1 fully saturated rings. The zero-order valence-corrected chi connectivity index (χ0v) is 11.4. The minimum Gasteiger partial charge on any atom is -0.550 e. The lowest BCUT2D eigenvalue weighted by Crippen LogP contribution is -2.49. The lowest BCUT2D eigenvalue weighted by molar-refractivity contribution is -0.314. The van der Waals surface area contributed by atoms with E-state index in [2.05, 4.69) is 15.8 Å². The maximum Gasteiger partial charge on any atom is 0.269 e. The number of pyridine rings is 1. The predicted molar refractivity (Wildman–Crippen MR) is 70.3 cm³/mol. The van der Waals surface area contributed by atoms with E-state index in [1.165, 1.54) is 24.5 Å². The van der Waals surface area contributed by atoms with E-state index in [0.29, 0.717) is 18.4 Å². The standard InChI is InChI=1S/C14H17N3O4/c18-12(9-5-7-15-8-6-9)16-17-13(19)10-3-1-2-4-11(10)14(20)21/h5-8,10-11H,1-4H2,(H,16,18)(H,17,19)(H,20,21)/p-1/t10-,11-/m0/s1. The first-order valence-corrected chi connectivity index (χ1v) is 6.80. The zero-order valence-electron chi connectivity index (χ0n) is 11.4. The van der Waals surface area contributed by atoms with Crippen LogP contribution in [0.25, 0.3) is 0 Å². The Balaban J connectivity index is 1.92. The summed E-state index contributed by atoms with van der Waals surface area (Å²) >= 11 is 0. The van der Waals surface area contributed by atoms with Crippen LogP contribution < -0.4 is 16.0 Å². The Morgan fingerprint density at radius 2 is 1.67 bits per heavy atom. The Kier molecular flexibility index (Phi) is 4.86. The van der Waals surface area contributed by atoms with Crippen LogP contribution in [0.2, 0.25) is 0 Å². The van der Waals surface area contributed by atoms with Gasteiger partial charge in [0.1, 0.15) is 0 Å². The molecular formula is C14H16N3O4-. The van der Waals surface area contributed by atoms with E-state index in [-0.39, 0.29) is 0 Å². The van der Waals surface area contributed by atoms with E-state index in [1.807, 2.05) is 0 Å². The van der Waals surface area contributed by atoms with Crippen molar-refractivity contribution in [2.45, 2.75) is 25.7 Å². The van der Waals surface area contributed by atoms with E-state index in [1.54, 1.807) is 0 Å². The number of amides is 2. The molecule has 0 radical (unpaired) electrons. The van der Waals surface area contributed by atoms with Gasteiger partial charge in [-0.1, -0.05) is 12.8 Å². The number of aliphatic carboxylic acids is 1. The van der Waals surface area contributed by atoms with Gasteiger partial charge in [-0.05, 0) is 25.0 Å². The van der Waals surface area contributed by atoms with Crippen molar-refractivity contribution in [1.29, 1.82) is 0 Å². The largest absolute Gasteiger partial charge is 0.550 e. The van der Waals surface area contributed by atoms with Crippen LogP contribution in [-0.4, -0.2) is 22.8 Å². The molecule has 2 rings (SSSR count). The van der Waals surface area contributed by atoms with Crippen molar-refractivity contribution in [3.63, 3.8) is 0 Å². The quantitative estimate of drug-likeness (QED) is 0.722. The van der Waals surface area contributed by atoms with Crippen molar-refractivity contribution in [2.24, 2.45) is 11.8 Å². The van der Waals surface area contributed by atoms with Crippen LogP contribution in [0.3, 0.4) is 0 Å². The molecule has 1 aliphatic rings. The fourth-order valence-corrected chi connectivity index (χ4v) is 2.51. The average Bonchev–Trinajstić information content (AvgIpc) is 2.53. The summed E-state index contributed by atoms with van der Waals surface area (Å²) in [6.45, 7) is 0. The highest BCUT2D eigenvalue weighted by atomic mass is 16.4. The molecule has 0 unspecified atom stereocenters. The van der Waals surface area contributed by atoms with E-state index in [4.69, 9.17) is 0 Å². The van der Waals surface area contributed by atoms with Crippen molar-refractivity contribution in [3.05, 3.63) is 30.1 Å². The topological polar surface area (TPSA) is 111 Å². The van der Waals surface area contributed by atoms with Gasteiger partial charge in [0.2, 0.25) is 5.91 Å². The van der Waals surface area contributed by atoms with Crippen molar-refractivity contribution >= 4 is 17.8 Å². The highest BCUT2D eigenvalue weighted by Crippen LogP contribution is 2.29. The first kappa shape index (κ1) is 15.0. The number of carboxylic acids is 1. The fraction of sp³-hybridized carbons (Fsp3) is 0.429. The maximum absolute atomic E-state index is 12.0. The van der Waals surface area contributed by atoms with Gasteiger partial charge < -0.3 is 9.90 Å². The van der Waals surface area contributed by atoms with Crippen LogP contribution in [0.15, 0.2) is 24.5 Å². The van der Waals surface area contributed by atoms with Crippen LogP contribution in [0.1, 0.15) is 36.0 Å². The summed E-state index contributed by atoms with van der Waals surface area (Å²) in [5, 5.41) is 11.0. The summed E-state index contributed by atoms with van der Waals surface area (Å²) in [7, 11) is 0. The van der Waals surface area contributed by atoms with Gasteiger partial charge in [0, 0.05) is 35.8 Å². The van der Waals surface area contributed by atoms with Crippen molar-refractivity contribution < 1.29 is 19.5 Å². The van der Waals surface area contributed by atoms with E-state index in [9.17, 15) is 19.5 Å². The van der Waals surface area contributed by atoms with E-state index < -0.39 is 29.6 Å². The Labute approximate surface area is 121 Å². The highest BCUT2D eigenvalue weighted by Gasteiger charge is 2.31. The molecule has 0 saturated heterocycles. The highest BCUT2D eigenvalue weighted by molar-refractivity contribution is 5.95. The number of rotatable bonds is 3. The van der Waals surface area contributed by atoms with Gasteiger partial charge in [0.15, 0.2) is 0 Å². The fourth-order valence-electron chi connectivity index (χ4n) is 2.51. The molecule has 7 nitrogen and oxygen atoms in total. The molecule has 0 aromatic carbocycles. The third-order valence-electron chi connectivity index (χ3n) is 3.65. The van der Waals surface area contributed by atoms with Gasteiger partial charge in [-0.3, -0.25) is 25.4 Å². The smallest absolute Gasteiger partial charge is 0.269 e. The molecule has 7 heteroatoms. The number of hydrogen-bond acceptors (Lipinski definition) is 5. The number of hydrazine groups is 1. The first-order chi connectivity index (χ1) is 10.1. The van der Waals surface area contributed by atoms with Gasteiger partial charge in [0.05, 0.1) is 0 Å². The molecular weight excluding hydrogens is 274 g/mol. The van der Waals surface area contributed by atoms with Crippen LogP contribution in [0.4, 0.5) is 0 Å². The third kappa shape index (κ3) is 3.77. The van der Waals surface area contributed by atoms with Crippen LogP contribution in [-0.2, 0) is 9.59 Å². The number of carbonyl (C=O) groups is 3. The summed E-state index contributed by atoms with van der Waals surface area (Å²) in [6.07, 6.45) is 5.40. The van der Waals surface area contributed by atoms with Gasteiger partial charge >= 0.3 is 0 Å². The SMILES string of the molecule is O=C(NNC(=O)[C@H]1CCCC[C@@H]1C(=O)[O-])c1ccncc1. The zero-order chi connectivity index (χ0) is 15.2. The lowest BCUT2D eigenvalue weighted by Gasteiger charge is -2.31. The summed E-state index contributed by atoms with van der Waals surface area (Å²) in [5.41, 5.74) is 4.91. The van der Waals surface area contributed by atoms with Gasteiger partial charge in [-0.15, -0.1) is 0 Å². The van der Waals surface area contributed by atoms with Crippen molar-refractivity contribution in [1.82, 2.24) is 15.8 Å². The Bertz CT molecular complexity index is 532. The Morgan fingerprint density at radius 3 is 2.29 bits per heavy atom. The number of carbonyl (C=O) groups excluding carboxylic acids is 3. The van der Waals surface area contributed by atoms with E-state index >= 15 is 0 Å². The second kappa shape index (κ2) is 6.83. The van der Waals surface area contributed by atoms with Gasteiger partial charge in [-0.2, -0.15) is 0 Å². The Morgan fingerprint density at radius 1 is 1.05 bits per heavy atom. The van der Waals surface area contributed by atoms with Crippen LogP contribution >= 0.6 is 0 Å². The molecule has 2 N–H and O–H groups in total. The van der Waals surface area contributed by atoms with E-state index in [0.717, 1.165) is 12.8 Å². The second-order valence-corrected chi connectivity index (χ2v) is 5.00. The summed E-state index contributed by atoms with van der Waals surface area (Å²) in [4.78, 5) is 38.6. The molecule has 1 aliphatic carbocycles.